The van der Waals surface area contributed by atoms with E-state index in [4.69, 9.17) is 9.84 Å². The summed E-state index contributed by atoms with van der Waals surface area (Å²) in [7, 11) is 0. The van der Waals surface area contributed by atoms with Gasteiger partial charge in [0, 0.05) is 6.20 Å². The smallest absolute Gasteiger partial charge is 0.329 e. The van der Waals surface area contributed by atoms with E-state index in [2.05, 4.69) is 9.97 Å². The first kappa shape index (κ1) is 10.9. The minimum absolute atomic E-state index is 0. The summed E-state index contributed by atoms with van der Waals surface area (Å²) in [5, 5.41) is 8.19. The summed E-state index contributed by atoms with van der Waals surface area (Å²) in [6.45, 7) is -0.0529. The molecule has 0 amide bonds. The van der Waals surface area contributed by atoms with Gasteiger partial charge in [0.25, 0.3) is 0 Å². The summed E-state index contributed by atoms with van der Waals surface area (Å²) in [5.41, 5.74) is 0.700. The van der Waals surface area contributed by atoms with Gasteiger partial charge in [0.15, 0.2) is 0 Å². The Morgan fingerprint density at radius 2 is 2.50 bits per heavy atom. The van der Waals surface area contributed by atoms with E-state index in [0.717, 1.165) is 0 Å². The van der Waals surface area contributed by atoms with Crippen molar-refractivity contribution in [2.24, 2.45) is 0 Å². The van der Waals surface area contributed by atoms with Gasteiger partial charge in [-0.15, -0.1) is 12.4 Å². The Kier molecular flexibility index (Phi) is 5.07. The van der Waals surface area contributed by atoms with Crippen LogP contribution < -0.4 is 0 Å². The molecule has 0 radical (unpaired) electrons. The number of hydrogen-bond acceptors (Lipinski definition) is 3. The largest absolute Gasteiger partial charge is 0.480 e. The van der Waals surface area contributed by atoms with Gasteiger partial charge in [-0.2, -0.15) is 0 Å². The Hall–Kier alpha value is -1.07. The molecule has 0 aliphatic carbocycles. The molecule has 2 N–H and O–H groups in total. The fourth-order valence-electron chi connectivity index (χ4n) is 0.613. The first-order chi connectivity index (χ1) is 5.29. The van der Waals surface area contributed by atoms with Crippen LogP contribution >= 0.6 is 12.4 Å². The normalized spacial score (nSPS) is 9.00. The number of rotatable bonds is 4. The third-order valence-corrected chi connectivity index (χ3v) is 1.03. The molecule has 1 aromatic rings. The number of ether oxygens (including phenoxy) is 1. The second-order valence-electron chi connectivity index (χ2n) is 1.95. The number of aromatic amines is 1. The van der Waals surface area contributed by atoms with Gasteiger partial charge in [-0.3, -0.25) is 0 Å². The average molecular weight is 193 g/mol. The van der Waals surface area contributed by atoms with Crippen molar-refractivity contribution in [2.45, 2.75) is 6.61 Å². The van der Waals surface area contributed by atoms with Crippen LogP contribution in [-0.2, 0) is 16.1 Å². The zero-order valence-electron chi connectivity index (χ0n) is 6.19. The molecule has 0 fully saturated rings. The molecule has 0 spiro atoms. The lowest BCUT2D eigenvalue weighted by atomic mass is 10.5. The number of hydrogen-bond donors (Lipinski definition) is 2. The van der Waals surface area contributed by atoms with E-state index in [1.807, 2.05) is 0 Å². The number of nitrogens with one attached hydrogen (secondary N) is 1. The Morgan fingerprint density at radius 1 is 1.75 bits per heavy atom. The number of aliphatic carboxylic acids is 1. The lowest BCUT2D eigenvalue weighted by Crippen LogP contribution is -2.06. The number of imidazole rings is 1. The fourth-order valence-corrected chi connectivity index (χ4v) is 0.613. The van der Waals surface area contributed by atoms with Crippen molar-refractivity contribution in [2.75, 3.05) is 6.61 Å². The van der Waals surface area contributed by atoms with E-state index in [1.165, 1.54) is 6.33 Å². The second-order valence-corrected chi connectivity index (χ2v) is 1.95. The van der Waals surface area contributed by atoms with Gasteiger partial charge in [0.2, 0.25) is 0 Å². The number of carboxylic acids is 1. The van der Waals surface area contributed by atoms with Crippen LogP contribution in [0, 0.1) is 0 Å². The van der Waals surface area contributed by atoms with E-state index in [9.17, 15) is 4.79 Å². The molecule has 0 atom stereocenters. The Balaban J connectivity index is 0.00000121. The maximum absolute atomic E-state index is 9.97. The molecular formula is C6H9ClN2O3. The number of carboxylic acid groups (broad SMARTS) is 1. The summed E-state index contributed by atoms with van der Waals surface area (Å²) in [5.74, 6) is -0.972. The van der Waals surface area contributed by atoms with Crippen LogP contribution in [0.4, 0.5) is 0 Å². The van der Waals surface area contributed by atoms with E-state index >= 15 is 0 Å². The third kappa shape index (κ3) is 3.95. The van der Waals surface area contributed by atoms with Crippen LogP contribution in [0.25, 0.3) is 0 Å². The molecule has 1 rings (SSSR count). The van der Waals surface area contributed by atoms with Gasteiger partial charge in [-0.25, -0.2) is 9.78 Å². The molecule has 0 saturated heterocycles. The SMILES string of the molecule is Cl.O=C(O)COCc1c[nH]cn1. The molecule has 0 aliphatic heterocycles. The maximum Gasteiger partial charge on any atom is 0.329 e. The highest BCUT2D eigenvalue weighted by Gasteiger charge is 1.97. The molecule has 0 bridgehead atoms. The molecule has 0 unspecified atom stereocenters. The number of nitrogens with zero attached hydrogens (tertiary/aromatic N) is 1. The van der Waals surface area contributed by atoms with Crippen molar-refractivity contribution in [3.8, 4) is 0 Å². The van der Waals surface area contributed by atoms with Gasteiger partial charge < -0.3 is 14.8 Å². The number of halogens is 1. The van der Waals surface area contributed by atoms with Gasteiger partial charge in [-0.05, 0) is 0 Å². The molecular weight excluding hydrogens is 184 g/mol. The van der Waals surface area contributed by atoms with Crippen LogP contribution in [0.5, 0.6) is 0 Å². The van der Waals surface area contributed by atoms with Crippen LogP contribution in [0.2, 0.25) is 0 Å². The van der Waals surface area contributed by atoms with Gasteiger partial charge in [0.1, 0.15) is 6.61 Å². The lowest BCUT2D eigenvalue weighted by Gasteiger charge is -1.95. The van der Waals surface area contributed by atoms with Gasteiger partial charge in [-0.1, -0.05) is 0 Å². The number of aromatic nitrogens is 2. The number of H-pyrrole nitrogens is 1. The Bertz CT molecular complexity index is 225. The summed E-state index contributed by atoms with van der Waals surface area (Å²) in [4.78, 5) is 16.5. The van der Waals surface area contributed by atoms with Crippen molar-refractivity contribution in [1.29, 1.82) is 0 Å². The zero-order chi connectivity index (χ0) is 8.10. The molecule has 12 heavy (non-hydrogen) atoms. The summed E-state index contributed by atoms with van der Waals surface area (Å²) >= 11 is 0. The molecule has 0 aromatic carbocycles. The van der Waals surface area contributed by atoms with Crippen LogP contribution in [0.15, 0.2) is 12.5 Å². The summed E-state index contributed by atoms with van der Waals surface area (Å²) < 4.78 is 4.76. The molecule has 0 saturated carbocycles. The molecule has 68 valence electrons. The predicted octanol–water partition coefficient (Wildman–Crippen LogP) is 0.433. The monoisotopic (exact) mass is 192 g/mol. The minimum Gasteiger partial charge on any atom is -0.480 e. The van der Waals surface area contributed by atoms with Crippen molar-refractivity contribution >= 4 is 18.4 Å². The van der Waals surface area contributed by atoms with Crippen LogP contribution in [-0.4, -0.2) is 27.7 Å². The van der Waals surface area contributed by atoms with Crippen LogP contribution in [0.3, 0.4) is 0 Å². The fraction of sp³-hybridized carbons (Fsp3) is 0.333. The van der Waals surface area contributed by atoms with Gasteiger partial charge in [0.05, 0.1) is 18.6 Å². The van der Waals surface area contributed by atoms with Crippen molar-refractivity contribution in [3.05, 3.63) is 18.2 Å². The van der Waals surface area contributed by atoms with Crippen molar-refractivity contribution in [3.63, 3.8) is 0 Å². The van der Waals surface area contributed by atoms with E-state index in [-0.39, 0.29) is 25.6 Å². The lowest BCUT2D eigenvalue weighted by molar-refractivity contribution is -0.142. The van der Waals surface area contributed by atoms with E-state index in [0.29, 0.717) is 5.69 Å². The zero-order valence-corrected chi connectivity index (χ0v) is 7.00. The average Bonchev–Trinajstić information content (AvgIpc) is 2.39. The second kappa shape index (κ2) is 5.56. The van der Waals surface area contributed by atoms with Crippen molar-refractivity contribution in [1.82, 2.24) is 9.97 Å². The first-order valence-electron chi connectivity index (χ1n) is 3.06. The highest BCUT2D eigenvalue weighted by Crippen LogP contribution is 1.92. The molecule has 1 heterocycles. The van der Waals surface area contributed by atoms with E-state index < -0.39 is 5.97 Å². The molecule has 5 nitrogen and oxygen atoms in total. The molecule has 6 heteroatoms. The third-order valence-electron chi connectivity index (χ3n) is 1.03. The summed E-state index contributed by atoms with van der Waals surface area (Å²) in [6.07, 6.45) is 3.17. The first-order valence-corrected chi connectivity index (χ1v) is 3.06. The van der Waals surface area contributed by atoms with Crippen molar-refractivity contribution < 1.29 is 14.6 Å². The Labute approximate surface area is 75.2 Å². The predicted molar refractivity (Wildman–Crippen MR) is 43.1 cm³/mol. The molecule has 0 aliphatic rings. The molecule has 1 aromatic heterocycles. The highest BCUT2D eigenvalue weighted by atomic mass is 35.5. The standard InChI is InChI=1S/C6H8N2O3.ClH/c9-6(10)3-11-2-5-1-7-4-8-5;/h1,4H,2-3H2,(H,7,8)(H,9,10);1H. The topological polar surface area (TPSA) is 75.2 Å². The van der Waals surface area contributed by atoms with E-state index in [1.54, 1.807) is 6.20 Å². The van der Waals surface area contributed by atoms with Gasteiger partial charge >= 0.3 is 5.97 Å². The Morgan fingerprint density at radius 3 is 3.00 bits per heavy atom. The minimum atomic E-state index is -0.972. The number of carbonyl (C=O) groups is 1. The summed E-state index contributed by atoms with van der Waals surface area (Å²) in [6, 6.07) is 0. The van der Waals surface area contributed by atoms with Crippen LogP contribution in [0.1, 0.15) is 5.69 Å². The highest BCUT2D eigenvalue weighted by molar-refractivity contribution is 5.85. The quantitative estimate of drug-likeness (QED) is 0.726. The maximum atomic E-state index is 9.97.